The lowest BCUT2D eigenvalue weighted by atomic mass is 10.1. The standard InChI is InChI=1S/C12H13BrFN3/c1-3-10-16-11(12(15)17(10)2)7-4-5-8(13)9(14)6-7/h4-6H,3,15H2,1-2H3. The largest absolute Gasteiger partial charge is 0.383 e. The molecule has 0 unspecified atom stereocenters. The maximum Gasteiger partial charge on any atom is 0.138 e. The number of anilines is 1. The van der Waals surface area contributed by atoms with Gasteiger partial charge in [0.2, 0.25) is 0 Å². The zero-order valence-corrected chi connectivity index (χ0v) is 11.3. The maximum absolute atomic E-state index is 13.5. The van der Waals surface area contributed by atoms with E-state index in [1.165, 1.54) is 6.07 Å². The Hall–Kier alpha value is -1.36. The van der Waals surface area contributed by atoms with Crippen LogP contribution in [0.2, 0.25) is 0 Å². The maximum atomic E-state index is 13.5. The third-order valence-electron chi connectivity index (χ3n) is 2.74. The number of imidazole rings is 1. The Bertz CT molecular complexity index is 563. The van der Waals surface area contributed by atoms with Gasteiger partial charge in [-0.15, -0.1) is 0 Å². The first kappa shape index (κ1) is 12.1. The molecule has 0 aliphatic rings. The number of nitrogen functional groups attached to an aromatic ring is 1. The van der Waals surface area contributed by atoms with Gasteiger partial charge in [0.05, 0.1) is 4.47 Å². The summed E-state index contributed by atoms with van der Waals surface area (Å²) < 4.78 is 15.7. The zero-order chi connectivity index (χ0) is 12.6. The summed E-state index contributed by atoms with van der Waals surface area (Å²) in [5.41, 5.74) is 7.29. The average Bonchev–Trinajstić information content (AvgIpc) is 2.60. The van der Waals surface area contributed by atoms with Crippen molar-refractivity contribution >= 4 is 21.7 Å². The molecule has 0 aliphatic carbocycles. The summed E-state index contributed by atoms with van der Waals surface area (Å²) in [7, 11) is 1.86. The molecule has 5 heteroatoms. The number of aromatic nitrogens is 2. The van der Waals surface area contributed by atoms with E-state index in [0.717, 1.165) is 12.2 Å². The number of hydrogen-bond donors (Lipinski definition) is 1. The lowest BCUT2D eigenvalue weighted by Gasteiger charge is -2.02. The molecule has 0 radical (unpaired) electrons. The van der Waals surface area contributed by atoms with E-state index in [2.05, 4.69) is 20.9 Å². The third-order valence-corrected chi connectivity index (χ3v) is 3.38. The van der Waals surface area contributed by atoms with Gasteiger partial charge in [-0.2, -0.15) is 0 Å². The van der Waals surface area contributed by atoms with Crippen LogP contribution in [-0.2, 0) is 13.5 Å². The lowest BCUT2D eigenvalue weighted by Crippen LogP contribution is -2.00. The lowest BCUT2D eigenvalue weighted by molar-refractivity contribution is 0.621. The first-order chi connectivity index (χ1) is 8.04. The Balaban J connectivity index is 2.56. The van der Waals surface area contributed by atoms with Crippen molar-refractivity contribution in [3.63, 3.8) is 0 Å². The van der Waals surface area contributed by atoms with E-state index in [4.69, 9.17) is 5.73 Å². The minimum Gasteiger partial charge on any atom is -0.383 e. The van der Waals surface area contributed by atoms with Crippen LogP contribution in [0.15, 0.2) is 22.7 Å². The molecule has 2 aromatic rings. The minimum atomic E-state index is -0.314. The Morgan fingerprint density at radius 3 is 2.71 bits per heavy atom. The van der Waals surface area contributed by atoms with Crippen LogP contribution in [-0.4, -0.2) is 9.55 Å². The van der Waals surface area contributed by atoms with E-state index in [1.807, 2.05) is 18.5 Å². The first-order valence-corrected chi connectivity index (χ1v) is 6.10. The van der Waals surface area contributed by atoms with Crippen molar-refractivity contribution in [2.24, 2.45) is 7.05 Å². The summed E-state index contributed by atoms with van der Waals surface area (Å²) in [5, 5.41) is 0. The molecule has 0 bridgehead atoms. The molecular weight excluding hydrogens is 285 g/mol. The van der Waals surface area contributed by atoms with E-state index in [9.17, 15) is 4.39 Å². The fourth-order valence-electron chi connectivity index (χ4n) is 1.73. The quantitative estimate of drug-likeness (QED) is 0.925. The number of rotatable bonds is 2. The van der Waals surface area contributed by atoms with Crippen molar-refractivity contribution in [1.29, 1.82) is 0 Å². The van der Waals surface area contributed by atoms with E-state index in [-0.39, 0.29) is 5.82 Å². The van der Waals surface area contributed by atoms with Gasteiger partial charge in [-0.25, -0.2) is 9.37 Å². The monoisotopic (exact) mass is 297 g/mol. The van der Waals surface area contributed by atoms with Crippen LogP contribution in [0.1, 0.15) is 12.7 Å². The molecule has 2 rings (SSSR count). The Morgan fingerprint density at radius 2 is 2.18 bits per heavy atom. The molecule has 1 aromatic carbocycles. The number of benzene rings is 1. The summed E-state index contributed by atoms with van der Waals surface area (Å²) in [4.78, 5) is 4.42. The van der Waals surface area contributed by atoms with Gasteiger partial charge >= 0.3 is 0 Å². The smallest absolute Gasteiger partial charge is 0.138 e. The highest BCUT2D eigenvalue weighted by Crippen LogP contribution is 2.28. The minimum absolute atomic E-state index is 0.314. The molecule has 0 atom stereocenters. The molecule has 0 saturated carbocycles. The highest BCUT2D eigenvalue weighted by Gasteiger charge is 2.13. The van der Waals surface area contributed by atoms with Crippen molar-refractivity contribution < 1.29 is 4.39 Å². The Kier molecular flexibility index (Phi) is 3.19. The van der Waals surface area contributed by atoms with Crippen molar-refractivity contribution in [3.8, 4) is 11.3 Å². The van der Waals surface area contributed by atoms with Crippen molar-refractivity contribution in [1.82, 2.24) is 9.55 Å². The molecule has 90 valence electrons. The summed E-state index contributed by atoms with van der Waals surface area (Å²) >= 11 is 3.12. The van der Waals surface area contributed by atoms with Gasteiger partial charge in [0, 0.05) is 19.0 Å². The summed E-state index contributed by atoms with van der Waals surface area (Å²) in [6, 6.07) is 4.89. The van der Waals surface area contributed by atoms with E-state index in [1.54, 1.807) is 12.1 Å². The van der Waals surface area contributed by atoms with E-state index < -0.39 is 0 Å². The van der Waals surface area contributed by atoms with Gasteiger partial charge in [-0.3, -0.25) is 0 Å². The molecule has 2 N–H and O–H groups in total. The second-order valence-electron chi connectivity index (χ2n) is 3.80. The Labute approximate surface area is 108 Å². The molecule has 1 aromatic heterocycles. The number of halogens is 2. The van der Waals surface area contributed by atoms with Gasteiger partial charge in [0.1, 0.15) is 23.2 Å². The predicted molar refractivity (Wildman–Crippen MR) is 70.1 cm³/mol. The van der Waals surface area contributed by atoms with Gasteiger partial charge < -0.3 is 10.3 Å². The van der Waals surface area contributed by atoms with Gasteiger partial charge in [0.25, 0.3) is 0 Å². The van der Waals surface area contributed by atoms with Crippen molar-refractivity contribution in [2.45, 2.75) is 13.3 Å². The van der Waals surface area contributed by atoms with Crippen LogP contribution < -0.4 is 5.73 Å². The summed E-state index contributed by atoms with van der Waals surface area (Å²) in [5.74, 6) is 1.13. The summed E-state index contributed by atoms with van der Waals surface area (Å²) in [6.07, 6.45) is 0.791. The molecule has 0 saturated heterocycles. The molecule has 0 amide bonds. The van der Waals surface area contributed by atoms with Gasteiger partial charge in [0.15, 0.2) is 0 Å². The zero-order valence-electron chi connectivity index (χ0n) is 9.67. The van der Waals surface area contributed by atoms with Crippen LogP contribution in [0, 0.1) is 5.82 Å². The molecule has 1 heterocycles. The second-order valence-corrected chi connectivity index (χ2v) is 4.66. The number of aryl methyl sites for hydroxylation is 1. The van der Waals surface area contributed by atoms with Gasteiger partial charge in [-0.05, 0) is 28.1 Å². The molecule has 0 spiro atoms. The molecule has 3 nitrogen and oxygen atoms in total. The third kappa shape index (κ3) is 2.07. The molecule has 0 aliphatic heterocycles. The first-order valence-electron chi connectivity index (χ1n) is 5.31. The molecule has 0 fully saturated rings. The normalized spacial score (nSPS) is 10.8. The van der Waals surface area contributed by atoms with Crippen molar-refractivity contribution in [3.05, 3.63) is 34.3 Å². The summed E-state index contributed by atoms with van der Waals surface area (Å²) in [6.45, 7) is 2.01. The fraction of sp³-hybridized carbons (Fsp3) is 0.250. The van der Waals surface area contributed by atoms with Crippen LogP contribution >= 0.6 is 15.9 Å². The average molecular weight is 298 g/mol. The van der Waals surface area contributed by atoms with E-state index in [0.29, 0.717) is 21.5 Å². The van der Waals surface area contributed by atoms with Gasteiger partial charge in [-0.1, -0.05) is 13.0 Å². The highest BCUT2D eigenvalue weighted by atomic mass is 79.9. The van der Waals surface area contributed by atoms with Crippen molar-refractivity contribution in [2.75, 3.05) is 5.73 Å². The number of nitrogens with zero attached hydrogens (tertiary/aromatic N) is 2. The number of nitrogens with two attached hydrogens (primary N) is 1. The predicted octanol–water partition coefficient (Wildman–Crippen LogP) is 3.13. The molecule has 17 heavy (non-hydrogen) atoms. The Morgan fingerprint density at radius 1 is 1.47 bits per heavy atom. The topological polar surface area (TPSA) is 43.8 Å². The highest BCUT2D eigenvalue weighted by molar-refractivity contribution is 9.10. The number of hydrogen-bond acceptors (Lipinski definition) is 2. The van der Waals surface area contributed by atoms with Crippen LogP contribution in [0.3, 0.4) is 0 Å². The molecular formula is C12H13BrFN3. The second kappa shape index (κ2) is 4.49. The fourth-order valence-corrected chi connectivity index (χ4v) is 1.98. The van der Waals surface area contributed by atoms with Crippen LogP contribution in [0.4, 0.5) is 10.2 Å². The van der Waals surface area contributed by atoms with Crippen LogP contribution in [0.25, 0.3) is 11.3 Å². The van der Waals surface area contributed by atoms with Crippen LogP contribution in [0.5, 0.6) is 0 Å². The van der Waals surface area contributed by atoms with E-state index >= 15 is 0 Å². The SMILES string of the molecule is CCc1nc(-c2ccc(Br)c(F)c2)c(N)n1C.